The smallest absolute Gasteiger partial charge is 0.193 e. The van der Waals surface area contributed by atoms with Crippen molar-refractivity contribution in [3.63, 3.8) is 0 Å². The molecule has 0 unspecified atom stereocenters. The summed E-state index contributed by atoms with van der Waals surface area (Å²) in [5.74, 6) is 6.06. The molecule has 0 saturated carbocycles. The summed E-state index contributed by atoms with van der Waals surface area (Å²) >= 11 is 12.0. The molecule has 7 heteroatoms. The molecule has 0 bridgehead atoms. The SMILES string of the molecule is COc1ccc(C(=O)c2ccc(C)cc2)cc1.COc1ccc(C2(c3ccc(C)cc3)SCCCS2)cc1.SCCCS. The number of hydrogen-bond donors (Lipinski definition) is 2. The minimum atomic E-state index is 0.0260. The summed E-state index contributed by atoms with van der Waals surface area (Å²) < 4.78 is 10.4. The first kappa shape index (κ1) is 35.0. The van der Waals surface area contributed by atoms with Crippen LogP contribution < -0.4 is 9.47 Å². The van der Waals surface area contributed by atoms with E-state index in [2.05, 4.69) is 104 Å². The minimum absolute atomic E-state index is 0.0260. The summed E-state index contributed by atoms with van der Waals surface area (Å²) in [6.45, 7) is 4.15. The van der Waals surface area contributed by atoms with E-state index in [0.29, 0.717) is 11.1 Å². The molecule has 0 spiro atoms. The van der Waals surface area contributed by atoms with Crippen LogP contribution in [0.4, 0.5) is 0 Å². The second-order valence-corrected chi connectivity index (χ2v) is 13.8. The van der Waals surface area contributed by atoms with Gasteiger partial charge in [0.1, 0.15) is 15.6 Å². The molecule has 1 aliphatic rings. The van der Waals surface area contributed by atoms with Crippen molar-refractivity contribution in [2.24, 2.45) is 0 Å². The second-order valence-electron chi connectivity index (χ2n) is 9.99. The molecule has 0 amide bonds. The molecular formula is C36H42O3S4. The van der Waals surface area contributed by atoms with Crippen LogP contribution in [0, 0.1) is 13.8 Å². The Labute approximate surface area is 277 Å². The van der Waals surface area contributed by atoms with Gasteiger partial charge in [0.15, 0.2) is 5.78 Å². The lowest BCUT2D eigenvalue weighted by molar-refractivity contribution is 0.103. The standard InChI is InChI=1S/C18H20OS2.C15H14O2.C3H8S2/c1-14-4-6-15(7-5-14)18(20-12-3-13-21-18)16-8-10-17(19-2)11-9-16;1-11-3-5-12(6-4-11)15(16)13-7-9-14(17-2)10-8-13;4-2-1-3-5/h4-11H,3,12-13H2,1-2H3;3-10H,1-2H3;4-5H,1-3H2. The number of methoxy groups -OCH3 is 2. The average Bonchev–Trinajstić information content (AvgIpc) is 3.06. The molecule has 4 aromatic rings. The van der Waals surface area contributed by atoms with Crippen LogP contribution in [0.1, 0.15) is 51.0 Å². The molecule has 5 rings (SSSR count). The number of rotatable bonds is 8. The van der Waals surface area contributed by atoms with Gasteiger partial charge in [0, 0.05) is 11.1 Å². The second kappa shape index (κ2) is 18.4. The maximum absolute atomic E-state index is 12.1. The maximum Gasteiger partial charge on any atom is 0.193 e. The molecule has 0 radical (unpaired) electrons. The third-order valence-corrected chi connectivity index (χ3v) is 10.9. The van der Waals surface area contributed by atoms with E-state index < -0.39 is 0 Å². The van der Waals surface area contributed by atoms with Gasteiger partial charge in [-0.05, 0) is 97.2 Å². The number of hydrogen-bond acceptors (Lipinski definition) is 7. The van der Waals surface area contributed by atoms with E-state index in [-0.39, 0.29) is 9.86 Å². The number of aryl methyl sites for hydroxylation is 2. The Morgan fingerprint density at radius 2 is 1.02 bits per heavy atom. The highest BCUT2D eigenvalue weighted by molar-refractivity contribution is 8.18. The number of thioether (sulfide) groups is 2. The fourth-order valence-corrected chi connectivity index (χ4v) is 8.25. The molecular weight excluding hydrogens is 609 g/mol. The lowest BCUT2D eigenvalue weighted by atomic mass is 10.0. The first-order valence-corrected chi connectivity index (χ1v) is 17.6. The zero-order valence-electron chi connectivity index (χ0n) is 25.4. The molecule has 1 fully saturated rings. The van der Waals surface area contributed by atoms with E-state index >= 15 is 0 Å². The van der Waals surface area contributed by atoms with Gasteiger partial charge in [0.05, 0.1) is 14.2 Å². The Balaban J connectivity index is 0.000000207. The van der Waals surface area contributed by atoms with Crippen LogP contribution in [0.15, 0.2) is 97.1 Å². The van der Waals surface area contributed by atoms with Gasteiger partial charge in [-0.1, -0.05) is 71.8 Å². The monoisotopic (exact) mass is 650 g/mol. The van der Waals surface area contributed by atoms with Crippen LogP contribution in [-0.2, 0) is 4.08 Å². The maximum atomic E-state index is 12.1. The van der Waals surface area contributed by atoms with Gasteiger partial charge in [-0.2, -0.15) is 25.3 Å². The molecule has 228 valence electrons. The quantitative estimate of drug-likeness (QED) is 0.147. The number of ether oxygens (including phenoxy) is 2. The molecule has 1 aliphatic heterocycles. The normalized spacial score (nSPS) is 13.4. The average molecular weight is 651 g/mol. The van der Waals surface area contributed by atoms with Crippen molar-refractivity contribution >= 4 is 54.6 Å². The first-order chi connectivity index (χ1) is 20.9. The van der Waals surface area contributed by atoms with Gasteiger partial charge >= 0.3 is 0 Å². The number of carbonyl (C=O) groups is 1. The van der Waals surface area contributed by atoms with Crippen molar-refractivity contribution in [1.82, 2.24) is 0 Å². The Morgan fingerprint density at radius 3 is 1.42 bits per heavy atom. The minimum Gasteiger partial charge on any atom is -0.497 e. The third-order valence-electron chi connectivity index (χ3n) is 6.78. The van der Waals surface area contributed by atoms with Gasteiger partial charge in [-0.25, -0.2) is 0 Å². The lowest BCUT2D eigenvalue weighted by Gasteiger charge is -2.37. The molecule has 1 heterocycles. The van der Waals surface area contributed by atoms with Crippen molar-refractivity contribution in [3.05, 3.63) is 130 Å². The van der Waals surface area contributed by atoms with Crippen LogP contribution in [0.2, 0.25) is 0 Å². The van der Waals surface area contributed by atoms with Crippen molar-refractivity contribution in [3.8, 4) is 11.5 Å². The van der Waals surface area contributed by atoms with E-state index in [0.717, 1.165) is 35.0 Å². The summed E-state index contributed by atoms with van der Waals surface area (Å²) in [5.41, 5.74) is 6.61. The van der Waals surface area contributed by atoms with Crippen molar-refractivity contribution in [2.45, 2.75) is 30.8 Å². The largest absolute Gasteiger partial charge is 0.497 e. The zero-order chi connectivity index (χ0) is 31.1. The summed E-state index contributed by atoms with van der Waals surface area (Å²) in [4.78, 5) is 12.1. The summed E-state index contributed by atoms with van der Waals surface area (Å²) in [7, 11) is 3.33. The highest BCUT2D eigenvalue weighted by Crippen LogP contribution is 2.54. The Hall–Kier alpha value is -2.45. The van der Waals surface area contributed by atoms with Gasteiger partial charge in [0.2, 0.25) is 0 Å². The van der Waals surface area contributed by atoms with Crippen molar-refractivity contribution in [1.29, 1.82) is 0 Å². The number of benzene rings is 4. The molecule has 0 N–H and O–H groups in total. The summed E-state index contributed by atoms with van der Waals surface area (Å²) in [5, 5.41) is 0. The van der Waals surface area contributed by atoms with E-state index in [1.165, 1.54) is 34.6 Å². The first-order valence-electron chi connectivity index (χ1n) is 14.3. The van der Waals surface area contributed by atoms with E-state index in [1.807, 2.05) is 31.2 Å². The Bertz CT molecular complexity index is 1360. The predicted molar refractivity (Wildman–Crippen MR) is 194 cm³/mol. The zero-order valence-corrected chi connectivity index (χ0v) is 28.8. The van der Waals surface area contributed by atoms with Gasteiger partial charge in [-0.15, -0.1) is 23.5 Å². The molecule has 0 atom stereocenters. The van der Waals surface area contributed by atoms with Gasteiger partial charge in [0.25, 0.3) is 0 Å². The van der Waals surface area contributed by atoms with Crippen LogP contribution >= 0.6 is 48.8 Å². The fourth-order valence-electron chi connectivity index (χ4n) is 4.30. The van der Waals surface area contributed by atoms with Gasteiger partial charge in [-0.3, -0.25) is 4.79 Å². The Kier molecular flexibility index (Phi) is 15.0. The van der Waals surface area contributed by atoms with E-state index in [9.17, 15) is 4.79 Å². The van der Waals surface area contributed by atoms with Crippen molar-refractivity contribution < 1.29 is 14.3 Å². The van der Waals surface area contributed by atoms with E-state index in [1.54, 1.807) is 38.5 Å². The van der Waals surface area contributed by atoms with Gasteiger partial charge < -0.3 is 9.47 Å². The highest BCUT2D eigenvalue weighted by Gasteiger charge is 2.37. The van der Waals surface area contributed by atoms with Crippen molar-refractivity contribution in [2.75, 3.05) is 37.2 Å². The number of carbonyl (C=O) groups excluding carboxylic acids is 1. The lowest BCUT2D eigenvalue weighted by Crippen LogP contribution is -2.24. The molecule has 0 aliphatic carbocycles. The van der Waals surface area contributed by atoms with Crippen LogP contribution in [0.25, 0.3) is 0 Å². The fraction of sp³-hybridized carbons (Fsp3) is 0.306. The third kappa shape index (κ3) is 10.3. The Morgan fingerprint density at radius 1 is 0.651 bits per heavy atom. The summed E-state index contributed by atoms with van der Waals surface area (Å²) in [6, 6.07) is 32.3. The topological polar surface area (TPSA) is 35.5 Å². The predicted octanol–water partition coefficient (Wildman–Crippen LogP) is 9.55. The molecule has 0 aromatic heterocycles. The van der Waals surface area contributed by atoms with Crippen LogP contribution in [0.5, 0.6) is 11.5 Å². The number of thiol groups is 2. The molecule has 1 saturated heterocycles. The number of ketones is 1. The molecule has 4 aromatic carbocycles. The van der Waals surface area contributed by atoms with E-state index in [4.69, 9.17) is 9.47 Å². The molecule has 43 heavy (non-hydrogen) atoms. The molecule has 3 nitrogen and oxygen atoms in total. The summed E-state index contributed by atoms with van der Waals surface area (Å²) in [6.07, 6.45) is 2.41. The van der Waals surface area contributed by atoms with Crippen LogP contribution in [0.3, 0.4) is 0 Å². The van der Waals surface area contributed by atoms with Crippen LogP contribution in [-0.4, -0.2) is 43.0 Å². The highest BCUT2D eigenvalue weighted by atomic mass is 32.2.